The molecule has 298 valence electrons. The average Bonchev–Trinajstić information content (AvgIpc) is 3.87. The van der Waals surface area contributed by atoms with Crippen molar-refractivity contribution in [3.05, 3.63) is 185 Å². The quantitative estimate of drug-likeness (QED) is 0.120. The van der Waals surface area contributed by atoms with Gasteiger partial charge in [0.1, 0.15) is 0 Å². The topological polar surface area (TPSA) is 17.0 Å². The lowest BCUT2D eigenvalue weighted by Crippen LogP contribution is -2.41. The Labute approximate surface area is 365 Å². The average molecular weight is 797 g/mol. The lowest BCUT2D eigenvalue weighted by atomic mass is 9.57. The number of aromatic nitrogens is 1. The predicted molar refractivity (Wildman–Crippen MR) is 264 cm³/mol. The summed E-state index contributed by atoms with van der Waals surface area (Å²) < 4.78 is 2.73. The molecule has 0 saturated carbocycles. The second-order valence-corrected chi connectivity index (χ2v) is 19.3. The van der Waals surface area contributed by atoms with Crippen LogP contribution in [-0.2, 0) is 17.3 Å². The van der Waals surface area contributed by atoms with Gasteiger partial charge >= 0.3 is 0 Å². The molecule has 0 amide bonds. The fraction of sp³-hybridized carbons (Fsp3) is 0.186. The van der Waals surface area contributed by atoms with Gasteiger partial charge in [0.05, 0.1) is 5.52 Å². The molecule has 0 saturated heterocycles. The molecule has 0 bridgehead atoms. The van der Waals surface area contributed by atoms with Crippen molar-refractivity contribution >= 4 is 51.4 Å². The van der Waals surface area contributed by atoms with Crippen molar-refractivity contribution in [1.82, 2.24) is 4.57 Å². The van der Waals surface area contributed by atoms with Crippen molar-refractivity contribution < 1.29 is 0 Å². The molecule has 2 nitrogen and oxygen atoms in total. The fourth-order valence-corrected chi connectivity index (χ4v) is 12.5. The minimum Gasteiger partial charge on any atom is -0.355 e. The molecule has 13 rings (SSSR count). The molecule has 3 heterocycles. The zero-order valence-corrected chi connectivity index (χ0v) is 36.3. The largest absolute Gasteiger partial charge is 0.355 e. The van der Waals surface area contributed by atoms with E-state index in [2.05, 4.69) is 190 Å². The molecule has 1 aromatic heterocycles. The van der Waals surface area contributed by atoms with Crippen molar-refractivity contribution in [3.8, 4) is 50.2 Å². The van der Waals surface area contributed by atoms with Gasteiger partial charge in [-0.2, -0.15) is 0 Å². The van der Waals surface area contributed by atoms with E-state index in [1.807, 2.05) is 0 Å². The molecule has 0 spiro atoms. The van der Waals surface area contributed by atoms with E-state index in [1.54, 1.807) is 0 Å². The van der Waals surface area contributed by atoms with Crippen LogP contribution in [0, 0.1) is 6.92 Å². The summed E-state index contributed by atoms with van der Waals surface area (Å²) in [5, 5.41) is 6.65. The summed E-state index contributed by atoms with van der Waals surface area (Å²) in [5.41, 5.74) is 29.4. The van der Waals surface area contributed by atoms with Crippen LogP contribution in [0.15, 0.2) is 146 Å². The Morgan fingerprint density at radius 2 is 1.34 bits per heavy atom. The molecule has 62 heavy (non-hydrogen) atoms. The summed E-state index contributed by atoms with van der Waals surface area (Å²) in [6.07, 6.45) is 4.73. The van der Waals surface area contributed by atoms with E-state index in [-0.39, 0.29) is 10.8 Å². The molecule has 8 aromatic carbocycles. The molecule has 1 unspecified atom stereocenters. The van der Waals surface area contributed by atoms with Crippen LogP contribution in [0.2, 0.25) is 0 Å². The van der Waals surface area contributed by atoms with Gasteiger partial charge in [-0.15, -0.1) is 0 Å². The summed E-state index contributed by atoms with van der Waals surface area (Å²) in [6.45, 7) is 11.7. The fourth-order valence-electron chi connectivity index (χ4n) is 12.5. The number of rotatable bonds is 8. The summed E-state index contributed by atoms with van der Waals surface area (Å²) in [5.74, 6) is 0. The third-order valence-electron chi connectivity index (χ3n) is 15.5. The highest BCUT2D eigenvalue weighted by Crippen LogP contribution is 2.60. The van der Waals surface area contributed by atoms with Crippen LogP contribution in [0.1, 0.15) is 85.9 Å². The van der Waals surface area contributed by atoms with Gasteiger partial charge in [0.2, 0.25) is 0 Å². The lowest BCUT2D eigenvalue weighted by Gasteiger charge is -2.38. The number of unbranched alkanes of at least 4 members (excludes halogenated alkanes) is 2. The van der Waals surface area contributed by atoms with Crippen molar-refractivity contribution in [2.75, 3.05) is 5.32 Å². The van der Waals surface area contributed by atoms with Gasteiger partial charge in [0.15, 0.2) is 7.28 Å². The third kappa shape index (κ3) is 4.66. The van der Waals surface area contributed by atoms with E-state index in [1.165, 1.54) is 141 Å². The van der Waals surface area contributed by atoms with Crippen LogP contribution < -0.4 is 16.2 Å². The molecular weight excluding hydrogens is 747 g/mol. The maximum atomic E-state index is 3.93. The van der Waals surface area contributed by atoms with E-state index in [9.17, 15) is 0 Å². The minimum absolute atomic E-state index is 0.0552. The normalized spacial score (nSPS) is 16.4. The number of hydrogen-bond acceptors (Lipinski definition) is 1. The highest BCUT2D eigenvalue weighted by Gasteiger charge is 2.49. The zero-order valence-electron chi connectivity index (χ0n) is 36.3. The van der Waals surface area contributed by atoms with Crippen molar-refractivity contribution in [3.63, 3.8) is 0 Å². The second kappa shape index (κ2) is 12.7. The van der Waals surface area contributed by atoms with Crippen LogP contribution in [0.5, 0.6) is 0 Å². The van der Waals surface area contributed by atoms with Gasteiger partial charge in [-0.25, -0.2) is 0 Å². The molecule has 4 aliphatic rings. The van der Waals surface area contributed by atoms with E-state index in [4.69, 9.17) is 0 Å². The van der Waals surface area contributed by atoms with E-state index in [0.29, 0.717) is 0 Å². The molecule has 3 heteroatoms. The van der Waals surface area contributed by atoms with Crippen LogP contribution >= 0.6 is 0 Å². The number of anilines is 2. The Morgan fingerprint density at radius 3 is 2.16 bits per heavy atom. The number of benzene rings is 8. The second-order valence-electron chi connectivity index (χ2n) is 19.3. The first-order chi connectivity index (χ1) is 30.3. The molecule has 1 atom stereocenters. The molecule has 2 aliphatic carbocycles. The first kappa shape index (κ1) is 36.1. The van der Waals surface area contributed by atoms with Gasteiger partial charge in [-0.3, -0.25) is 0 Å². The van der Waals surface area contributed by atoms with E-state index in [0.717, 1.165) is 25.1 Å². The number of aryl methyl sites for hydroxylation is 2. The van der Waals surface area contributed by atoms with Gasteiger partial charge in [0, 0.05) is 49.7 Å². The monoisotopic (exact) mass is 796 g/mol. The van der Waals surface area contributed by atoms with Crippen molar-refractivity contribution in [2.24, 2.45) is 0 Å². The van der Waals surface area contributed by atoms with Crippen LogP contribution in [0.3, 0.4) is 0 Å². The predicted octanol–water partition coefficient (Wildman–Crippen LogP) is 13.6. The number of nitrogens with zero attached hydrogens (tertiary/aromatic N) is 1. The Kier molecular flexibility index (Phi) is 7.42. The summed E-state index contributed by atoms with van der Waals surface area (Å²) in [7, 11) is 0.878. The first-order valence-electron chi connectivity index (χ1n) is 22.9. The first-order valence-corrected chi connectivity index (χ1v) is 22.9. The standard InChI is InChI=1S/C59H49BN2/c1-6-7-8-14-35-23-30-51(61-37-25-21-34(2)22-26-37)44(31-35)45-33-42(36-24-28-47-43(32-36)39-16-9-11-18-46(39)58(47,3)4)52-41-17-13-20-49-55(41)62-56-50(60-54(45)57(52)62)29-27-40-38-15-10-12-19-48(38)59(49,5)53(40)56/h9-13,15-33,60-61H,6-8,14H2,1-5H3. The van der Waals surface area contributed by atoms with Crippen LogP contribution in [-0.4, -0.2) is 11.8 Å². The van der Waals surface area contributed by atoms with Gasteiger partial charge in [-0.05, 0) is 141 Å². The number of para-hydroxylation sites is 1. The van der Waals surface area contributed by atoms with Crippen molar-refractivity contribution in [2.45, 2.75) is 71.1 Å². The van der Waals surface area contributed by atoms with Crippen molar-refractivity contribution in [1.29, 1.82) is 0 Å². The third-order valence-corrected chi connectivity index (χ3v) is 15.5. The molecule has 0 fully saturated rings. The van der Waals surface area contributed by atoms with Crippen LogP contribution in [0.25, 0.3) is 72.0 Å². The summed E-state index contributed by atoms with van der Waals surface area (Å²) in [6, 6.07) is 56.4. The lowest BCUT2D eigenvalue weighted by molar-refractivity contribution is 0.660. The molecule has 2 aliphatic heterocycles. The maximum Gasteiger partial charge on any atom is 0.198 e. The zero-order chi connectivity index (χ0) is 41.6. The van der Waals surface area contributed by atoms with Gasteiger partial charge in [-0.1, -0.05) is 154 Å². The highest BCUT2D eigenvalue weighted by atomic mass is 15.0. The molecule has 0 radical (unpaired) electrons. The van der Waals surface area contributed by atoms with Gasteiger partial charge < -0.3 is 9.88 Å². The highest BCUT2D eigenvalue weighted by molar-refractivity contribution is 6.74. The summed E-state index contributed by atoms with van der Waals surface area (Å²) in [4.78, 5) is 0. The maximum absolute atomic E-state index is 3.93. The van der Waals surface area contributed by atoms with Gasteiger partial charge in [0.25, 0.3) is 0 Å². The molecule has 9 aromatic rings. The minimum atomic E-state index is -0.248. The summed E-state index contributed by atoms with van der Waals surface area (Å²) >= 11 is 0. The Hall–Kier alpha value is -6.58. The molecular formula is C59H49BN2. The molecule has 1 N–H and O–H groups in total. The number of fused-ring (bicyclic) bond motifs is 8. The van der Waals surface area contributed by atoms with E-state index < -0.39 is 0 Å². The number of hydrogen-bond donors (Lipinski definition) is 1. The van der Waals surface area contributed by atoms with Crippen LogP contribution in [0.4, 0.5) is 11.4 Å². The van der Waals surface area contributed by atoms with E-state index >= 15 is 0 Å². The smallest absolute Gasteiger partial charge is 0.198 e. The Balaban J connectivity index is 1.16. The SMILES string of the molecule is CCCCCc1ccc(Nc2ccc(C)cc2)c(-c2cc(-c3ccc4c(c3)-c3ccccc3C4(C)C)c3c4cccc5c4n4c3c2Bc2ccc3c(c2-4)C5(C)c2ccccc2-3)c1. The Bertz CT molecular complexity index is 3420. The number of nitrogens with one attached hydrogen (secondary N) is 1. The Morgan fingerprint density at radius 1 is 0.581 bits per heavy atom.